The molecule has 0 aliphatic carbocycles. The summed E-state index contributed by atoms with van der Waals surface area (Å²) in [5, 5.41) is 5.48. The molecule has 0 radical (unpaired) electrons. The van der Waals surface area contributed by atoms with Crippen LogP contribution in [0.5, 0.6) is 0 Å². The van der Waals surface area contributed by atoms with Crippen LogP contribution in [-0.2, 0) is 33.2 Å². The molecule has 0 fully saturated rings. The molecule has 1 unspecified atom stereocenters. The van der Waals surface area contributed by atoms with Gasteiger partial charge in [0.25, 0.3) is 0 Å². The fourth-order valence-electron chi connectivity index (χ4n) is 1.89. The minimum atomic E-state index is -1.21. The van der Waals surface area contributed by atoms with Gasteiger partial charge in [0, 0.05) is 13.0 Å². The lowest BCUT2D eigenvalue weighted by molar-refractivity contribution is -0.121. The molecule has 0 saturated heterocycles. The van der Waals surface area contributed by atoms with Crippen molar-refractivity contribution in [2.24, 2.45) is 0 Å². The van der Waals surface area contributed by atoms with Crippen LogP contribution in [0.15, 0.2) is 0 Å². The van der Waals surface area contributed by atoms with E-state index in [-0.39, 0.29) is 19.1 Å². The van der Waals surface area contributed by atoms with Crippen LogP contribution >= 0.6 is 0 Å². The van der Waals surface area contributed by atoms with Gasteiger partial charge in [-0.25, -0.2) is 4.39 Å². The first-order valence-electron chi connectivity index (χ1n) is 11.2. The van der Waals surface area contributed by atoms with E-state index in [0.29, 0.717) is 79.1 Å². The first-order valence-corrected chi connectivity index (χ1v) is 11.2. The van der Waals surface area contributed by atoms with Crippen LogP contribution in [0.3, 0.4) is 0 Å². The van der Waals surface area contributed by atoms with Crippen LogP contribution in [0.1, 0.15) is 27.2 Å². The van der Waals surface area contributed by atoms with Crippen LogP contribution in [-0.4, -0.2) is 111 Å². The number of rotatable bonds is 23. The van der Waals surface area contributed by atoms with Gasteiger partial charge in [0.15, 0.2) is 0 Å². The van der Waals surface area contributed by atoms with Crippen LogP contribution in [0.4, 0.5) is 4.39 Å². The van der Waals surface area contributed by atoms with E-state index in [2.05, 4.69) is 10.6 Å². The number of likely N-dealkylation sites (N-methyl/N-ethyl adjacent to an activating group) is 1. The number of alkyl halides is 1. The molecule has 9 nitrogen and oxygen atoms in total. The summed E-state index contributed by atoms with van der Waals surface area (Å²) in [6.07, 6.45) is -0.867. The van der Waals surface area contributed by atoms with Gasteiger partial charge in [0.1, 0.15) is 6.17 Å². The van der Waals surface area contributed by atoms with E-state index in [4.69, 9.17) is 28.4 Å². The number of carbonyl (C=O) groups excluding carboxylic acids is 1. The lowest BCUT2D eigenvalue weighted by Crippen LogP contribution is -2.32. The van der Waals surface area contributed by atoms with E-state index in [9.17, 15) is 9.18 Å². The number of ether oxygens (including phenoxy) is 6. The molecule has 188 valence electrons. The van der Waals surface area contributed by atoms with Gasteiger partial charge in [0.2, 0.25) is 5.91 Å². The van der Waals surface area contributed by atoms with Crippen molar-refractivity contribution in [1.29, 1.82) is 0 Å². The van der Waals surface area contributed by atoms with E-state index < -0.39 is 6.17 Å². The largest absolute Gasteiger partial charge is 0.378 e. The zero-order valence-corrected chi connectivity index (χ0v) is 19.9. The third-order valence-electron chi connectivity index (χ3n) is 3.50. The Labute approximate surface area is 187 Å². The summed E-state index contributed by atoms with van der Waals surface area (Å²) in [4.78, 5) is 11.0. The van der Waals surface area contributed by atoms with Crippen molar-refractivity contribution in [2.45, 2.75) is 33.4 Å². The Bertz CT molecular complexity index is 356. The summed E-state index contributed by atoms with van der Waals surface area (Å²) in [6, 6.07) is 0. The van der Waals surface area contributed by atoms with Gasteiger partial charge in [-0.15, -0.1) is 0 Å². The maximum absolute atomic E-state index is 13.4. The molecule has 0 aliphatic heterocycles. The Morgan fingerprint density at radius 2 is 1.13 bits per heavy atom. The van der Waals surface area contributed by atoms with E-state index >= 15 is 0 Å². The van der Waals surface area contributed by atoms with Gasteiger partial charge in [-0.3, -0.25) is 4.79 Å². The highest BCUT2D eigenvalue weighted by atomic mass is 19.1. The Kier molecular flexibility index (Phi) is 30.3. The van der Waals surface area contributed by atoms with Crippen LogP contribution in [0, 0.1) is 0 Å². The monoisotopic (exact) mass is 456 g/mol. The summed E-state index contributed by atoms with van der Waals surface area (Å²) >= 11 is 0. The second-order valence-corrected chi connectivity index (χ2v) is 6.00. The van der Waals surface area contributed by atoms with Crippen molar-refractivity contribution in [2.75, 3.05) is 99.4 Å². The highest BCUT2D eigenvalue weighted by Crippen LogP contribution is 1.92. The number of hydrogen-bond donors (Lipinski definition) is 2. The molecule has 0 aromatic rings. The SMILES string of the molecule is CC.CCC(=O)NCC(F)COCCOCCOCCOCCOCCOCCNC. The number of hydrogen-bond acceptors (Lipinski definition) is 8. The number of halogens is 1. The van der Waals surface area contributed by atoms with Crippen molar-refractivity contribution in [3.8, 4) is 0 Å². The summed E-state index contributed by atoms with van der Waals surface area (Å²) in [5.41, 5.74) is 0. The topological polar surface area (TPSA) is 96.5 Å². The van der Waals surface area contributed by atoms with Gasteiger partial charge in [0.05, 0.1) is 85.8 Å². The molecule has 0 heterocycles. The quantitative estimate of drug-likeness (QED) is 0.222. The lowest BCUT2D eigenvalue weighted by atomic mass is 10.4. The van der Waals surface area contributed by atoms with Gasteiger partial charge >= 0.3 is 0 Å². The van der Waals surface area contributed by atoms with Crippen LogP contribution in [0.25, 0.3) is 0 Å². The van der Waals surface area contributed by atoms with Crippen molar-refractivity contribution in [1.82, 2.24) is 10.6 Å². The Balaban J connectivity index is 0. The van der Waals surface area contributed by atoms with Gasteiger partial charge in [-0.1, -0.05) is 20.8 Å². The second-order valence-electron chi connectivity index (χ2n) is 6.00. The van der Waals surface area contributed by atoms with E-state index in [0.717, 1.165) is 6.54 Å². The predicted molar refractivity (Wildman–Crippen MR) is 118 cm³/mol. The minimum absolute atomic E-state index is 0.0268. The third-order valence-corrected chi connectivity index (χ3v) is 3.50. The highest BCUT2D eigenvalue weighted by molar-refractivity contribution is 5.75. The predicted octanol–water partition coefficient (Wildman–Crippen LogP) is 1.20. The summed E-state index contributed by atoms with van der Waals surface area (Å²) in [5.74, 6) is -0.170. The van der Waals surface area contributed by atoms with E-state index in [1.807, 2.05) is 20.9 Å². The second kappa shape index (κ2) is 29.1. The van der Waals surface area contributed by atoms with E-state index in [1.54, 1.807) is 6.92 Å². The molecule has 10 heteroatoms. The molecule has 0 aromatic heterocycles. The van der Waals surface area contributed by atoms with Crippen LogP contribution in [0.2, 0.25) is 0 Å². The Morgan fingerprint density at radius 1 is 0.742 bits per heavy atom. The molecule has 2 N–H and O–H groups in total. The fraction of sp³-hybridized carbons (Fsp3) is 0.952. The summed E-state index contributed by atoms with van der Waals surface area (Å²) < 4.78 is 45.3. The lowest BCUT2D eigenvalue weighted by Gasteiger charge is -2.10. The molecular weight excluding hydrogens is 411 g/mol. The molecular formula is C21H45FN2O7. The number of carbonyl (C=O) groups is 1. The maximum atomic E-state index is 13.4. The smallest absolute Gasteiger partial charge is 0.219 e. The molecule has 0 aromatic carbocycles. The highest BCUT2D eigenvalue weighted by Gasteiger charge is 2.07. The van der Waals surface area contributed by atoms with Crippen molar-refractivity contribution in [3.63, 3.8) is 0 Å². The first-order chi connectivity index (χ1) is 15.2. The standard InChI is InChI=1S/C19H39FN2O7.C2H6/c1-3-19(23)22-16-18(20)17-29-15-14-28-13-12-27-11-10-26-9-8-25-7-6-24-5-4-21-2;1-2/h18,21H,3-17H2,1-2H3,(H,22,23);1-2H3. The third kappa shape index (κ3) is 29.1. The number of amides is 1. The molecule has 31 heavy (non-hydrogen) atoms. The van der Waals surface area contributed by atoms with E-state index in [1.165, 1.54) is 0 Å². The van der Waals surface area contributed by atoms with Crippen molar-refractivity contribution in [3.05, 3.63) is 0 Å². The molecule has 0 aliphatic rings. The van der Waals surface area contributed by atoms with Gasteiger partial charge < -0.3 is 39.1 Å². The molecule has 1 atom stereocenters. The molecule has 1 amide bonds. The molecule has 0 rings (SSSR count). The molecule has 0 spiro atoms. The Morgan fingerprint density at radius 3 is 1.52 bits per heavy atom. The Hall–Kier alpha value is -0.880. The molecule has 0 saturated carbocycles. The fourth-order valence-corrected chi connectivity index (χ4v) is 1.89. The summed E-state index contributed by atoms with van der Waals surface area (Å²) in [6.45, 7) is 11.9. The first kappa shape index (κ1) is 32.3. The summed E-state index contributed by atoms with van der Waals surface area (Å²) in [7, 11) is 1.88. The van der Waals surface area contributed by atoms with Gasteiger partial charge in [-0.05, 0) is 7.05 Å². The number of nitrogens with one attached hydrogen (secondary N) is 2. The normalized spacial score (nSPS) is 11.6. The van der Waals surface area contributed by atoms with Gasteiger partial charge in [-0.2, -0.15) is 0 Å². The molecule has 0 bridgehead atoms. The maximum Gasteiger partial charge on any atom is 0.219 e. The zero-order chi connectivity index (χ0) is 23.4. The average molecular weight is 457 g/mol. The van der Waals surface area contributed by atoms with Crippen LogP contribution < -0.4 is 10.6 Å². The zero-order valence-electron chi connectivity index (χ0n) is 19.9. The average Bonchev–Trinajstić information content (AvgIpc) is 2.80. The van der Waals surface area contributed by atoms with Crippen molar-refractivity contribution < 1.29 is 37.6 Å². The van der Waals surface area contributed by atoms with Crippen molar-refractivity contribution >= 4 is 5.91 Å². The minimum Gasteiger partial charge on any atom is -0.378 e.